The van der Waals surface area contributed by atoms with E-state index in [1.807, 2.05) is 0 Å². The van der Waals surface area contributed by atoms with E-state index in [9.17, 15) is 13.6 Å². The fourth-order valence-electron chi connectivity index (χ4n) is 2.99. The molecule has 0 spiro atoms. The summed E-state index contributed by atoms with van der Waals surface area (Å²) >= 11 is 1.36. The number of nitrogens with one attached hydrogen (secondary N) is 2. The zero-order chi connectivity index (χ0) is 17.6. The highest BCUT2D eigenvalue weighted by molar-refractivity contribution is 7.15. The minimum Gasteiger partial charge on any atom is -0.317 e. The second kappa shape index (κ2) is 8.49. The first-order chi connectivity index (χ1) is 12.1. The van der Waals surface area contributed by atoms with Gasteiger partial charge in [-0.3, -0.25) is 4.79 Å². The molecule has 2 heterocycles. The molecule has 0 atom stereocenters. The molecule has 0 aliphatic carbocycles. The van der Waals surface area contributed by atoms with Crippen molar-refractivity contribution in [3.8, 4) is 0 Å². The Hall–Kier alpha value is -1.86. The molecule has 0 unspecified atom stereocenters. The molecule has 134 valence electrons. The number of thiazole rings is 1. The van der Waals surface area contributed by atoms with Crippen LogP contribution in [0.25, 0.3) is 0 Å². The van der Waals surface area contributed by atoms with Crippen molar-refractivity contribution in [2.24, 2.45) is 5.92 Å². The van der Waals surface area contributed by atoms with Gasteiger partial charge < -0.3 is 10.6 Å². The molecule has 0 radical (unpaired) electrons. The lowest BCUT2D eigenvalue weighted by Gasteiger charge is -2.21. The summed E-state index contributed by atoms with van der Waals surface area (Å²) < 4.78 is 26.2. The highest BCUT2D eigenvalue weighted by Crippen LogP contribution is 2.23. The average Bonchev–Trinajstić information content (AvgIpc) is 3.04. The molecule has 4 nitrogen and oxygen atoms in total. The van der Waals surface area contributed by atoms with Crippen LogP contribution in [-0.4, -0.2) is 24.0 Å². The summed E-state index contributed by atoms with van der Waals surface area (Å²) in [5, 5.41) is 6.69. The van der Waals surface area contributed by atoms with Crippen LogP contribution < -0.4 is 10.6 Å². The number of piperidine rings is 1. The molecule has 1 aromatic heterocycles. The predicted molar refractivity (Wildman–Crippen MR) is 94.7 cm³/mol. The Morgan fingerprint density at radius 2 is 2.08 bits per heavy atom. The molecule has 3 rings (SSSR count). The molecule has 2 N–H and O–H groups in total. The van der Waals surface area contributed by atoms with Gasteiger partial charge in [-0.15, -0.1) is 11.3 Å². The molecule has 1 aliphatic rings. The number of carbonyl (C=O) groups is 1. The Labute approximate surface area is 149 Å². The highest BCUT2D eigenvalue weighted by atomic mass is 32.1. The number of rotatable bonds is 6. The van der Waals surface area contributed by atoms with Crippen LogP contribution >= 0.6 is 11.3 Å². The fourth-order valence-corrected chi connectivity index (χ4v) is 3.85. The maximum Gasteiger partial charge on any atom is 0.226 e. The summed E-state index contributed by atoms with van der Waals surface area (Å²) in [6.45, 7) is 2.07. The summed E-state index contributed by atoms with van der Waals surface area (Å²) in [4.78, 5) is 17.1. The average molecular weight is 365 g/mol. The Balaban J connectivity index is 1.48. The molecule has 1 aromatic carbocycles. The van der Waals surface area contributed by atoms with Gasteiger partial charge in [-0.05, 0) is 56.0 Å². The molecular formula is C18H21F2N3OS. The van der Waals surface area contributed by atoms with Crippen molar-refractivity contribution in [3.05, 3.63) is 46.5 Å². The standard InChI is InChI=1S/C18H21F2N3OS/c19-15-3-1-13(10-16(15)20)9-14-11-22-18(25-14)23-17(24)4-2-12-5-7-21-8-6-12/h1,3,10-12,21H,2,4-9H2,(H,22,23,24). The zero-order valence-electron chi connectivity index (χ0n) is 13.9. The van der Waals surface area contributed by atoms with Crippen molar-refractivity contribution in [1.29, 1.82) is 0 Å². The van der Waals surface area contributed by atoms with Crippen molar-refractivity contribution in [2.45, 2.75) is 32.1 Å². The SMILES string of the molecule is O=C(CCC1CCNCC1)Nc1ncc(Cc2ccc(F)c(F)c2)s1. The Morgan fingerprint density at radius 3 is 2.84 bits per heavy atom. The number of anilines is 1. The molecule has 1 saturated heterocycles. The smallest absolute Gasteiger partial charge is 0.226 e. The molecule has 1 aliphatic heterocycles. The largest absolute Gasteiger partial charge is 0.317 e. The van der Waals surface area contributed by atoms with E-state index < -0.39 is 11.6 Å². The van der Waals surface area contributed by atoms with Gasteiger partial charge in [-0.2, -0.15) is 0 Å². The maximum absolute atomic E-state index is 13.2. The third kappa shape index (κ3) is 5.31. The summed E-state index contributed by atoms with van der Waals surface area (Å²) in [5.41, 5.74) is 0.673. The van der Waals surface area contributed by atoms with Crippen molar-refractivity contribution >= 4 is 22.4 Å². The molecule has 7 heteroatoms. The van der Waals surface area contributed by atoms with Crippen LogP contribution in [-0.2, 0) is 11.2 Å². The van der Waals surface area contributed by atoms with Crippen molar-refractivity contribution in [3.63, 3.8) is 0 Å². The number of nitrogens with zero attached hydrogens (tertiary/aromatic N) is 1. The van der Waals surface area contributed by atoms with E-state index in [2.05, 4.69) is 15.6 Å². The van der Waals surface area contributed by atoms with E-state index in [0.717, 1.165) is 43.3 Å². The lowest BCUT2D eigenvalue weighted by Crippen LogP contribution is -2.28. The lowest BCUT2D eigenvalue weighted by atomic mass is 9.93. The quantitative estimate of drug-likeness (QED) is 0.820. The molecular weight excluding hydrogens is 344 g/mol. The number of amides is 1. The van der Waals surface area contributed by atoms with Gasteiger partial charge >= 0.3 is 0 Å². The van der Waals surface area contributed by atoms with E-state index in [1.54, 1.807) is 12.3 Å². The summed E-state index contributed by atoms with van der Waals surface area (Å²) in [7, 11) is 0. The normalized spacial score (nSPS) is 15.3. The van der Waals surface area contributed by atoms with E-state index in [1.165, 1.54) is 17.4 Å². The first-order valence-electron chi connectivity index (χ1n) is 8.49. The number of benzene rings is 1. The molecule has 1 amide bonds. The van der Waals surface area contributed by atoms with Gasteiger partial charge in [0.15, 0.2) is 16.8 Å². The van der Waals surface area contributed by atoms with Gasteiger partial charge in [-0.1, -0.05) is 6.07 Å². The van der Waals surface area contributed by atoms with E-state index in [4.69, 9.17) is 0 Å². The predicted octanol–water partition coefficient (Wildman–Crippen LogP) is 3.73. The molecule has 1 fully saturated rings. The topological polar surface area (TPSA) is 54.0 Å². The Kier molecular flexibility index (Phi) is 6.09. The number of carbonyl (C=O) groups excluding carboxylic acids is 1. The monoisotopic (exact) mass is 365 g/mol. The lowest BCUT2D eigenvalue weighted by molar-refractivity contribution is -0.116. The van der Waals surface area contributed by atoms with Crippen LogP contribution in [0.2, 0.25) is 0 Å². The highest BCUT2D eigenvalue weighted by Gasteiger charge is 2.15. The van der Waals surface area contributed by atoms with Crippen molar-refractivity contribution in [2.75, 3.05) is 18.4 Å². The molecule has 25 heavy (non-hydrogen) atoms. The third-order valence-corrected chi connectivity index (χ3v) is 5.31. The second-order valence-corrected chi connectivity index (χ2v) is 7.45. The van der Waals surface area contributed by atoms with Gasteiger partial charge in [0.2, 0.25) is 5.91 Å². The van der Waals surface area contributed by atoms with E-state index in [0.29, 0.717) is 29.5 Å². The fraction of sp³-hybridized carbons (Fsp3) is 0.444. The van der Waals surface area contributed by atoms with E-state index in [-0.39, 0.29) is 5.91 Å². The molecule has 0 bridgehead atoms. The van der Waals surface area contributed by atoms with Gasteiger partial charge in [0.1, 0.15) is 0 Å². The number of halogens is 2. The van der Waals surface area contributed by atoms with Crippen LogP contribution in [0.4, 0.5) is 13.9 Å². The second-order valence-electron chi connectivity index (χ2n) is 6.34. The van der Waals surface area contributed by atoms with Crippen LogP contribution in [0.15, 0.2) is 24.4 Å². The molecule has 2 aromatic rings. The summed E-state index contributed by atoms with van der Waals surface area (Å²) in [6.07, 6.45) is 5.78. The van der Waals surface area contributed by atoms with Crippen molar-refractivity contribution < 1.29 is 13.6 Å². The first kappa shape index (κ1) is 17.9. The summed E-state index contributed by atoms with van der Waals surface area (Å²) in [5.74, 6) is -1.11. The minimum atomic E-state index is -0.853. The van der Waals surface area contributed by atoms with Gasteiger partial charge in [0.05, 0.1) is 0 Å². The van der Waals surface area contributed by atoms with Crippen LogP contribution in [0, 0.1) is 17.6 Å². The first-order valence-corrected chi connectivity index (χ1v) is 9.31. The molecule has 0 saturated carbocycles. The van der Waals surface area contributed by atoms with Crippen molar-refractivity contribution in [1.82, 2.24) is 10.3 Å². The number of aromatic nitrogens is 1. The van der Waals surface area contributed by atoms with Gasteiger partial charge in [-0.25, -0.2) is 13.8 Å². The third-order valence-electron chi connectivity index (χ3n) is 4.40. The minimum absolute atomic E-state index is 0.0211. The summed E-state index contributed by atoms with van der Waals surface area (Å²) in [6, 6.07) is 3.86. The van der Waals surface area contributed by atoms with Crippen LogP contribution in [0.5, 0.6) is 0 Å². The Morgan fingerprint density at radius 1 is 1.28 bits per heavy atom. The zero-order valence-corrected chi connectivity index (χ0v) is 14.7. The number of hydrogen-bond donors (Lipinski definition) is 2. The van der Waals surface area contributed by atoms with Gasteiger partial charge in [0, 0.05) is 23.9 Å². The number of hydrogen-bond acceptors (Lipinski definition) is 4. The maximum atomic E-state index is 13.2. The van der Waals surface area contributed by atoms with Crippen LogP contribution in [0.1, 0.15) is 36.1 Å². The van der Waals surface area contributed by atoms with Gasteiger partial charge in [0.25, 0.3) is 0 Å². The van der Waals surface area contributed by atoms with Crippen LogP contribution in [0.3, 0.4) is 0 Å². The Bertz CT molecular complexity index is 729. The van der Waals surface area contributed by atoms with E-state index >= 15 is 0 Å².